The zero-order valence-corrected chi connectivity index (χ0v) is 15.0. The Labute approximate surface area is 158 Å². The largest absolute Gasteiger partial charge is 0.497 e. The van der Waals surface area contributed by atoms with E-state index in [0.29, 0.717) is 18.8 Å². The third-order valence-electron chi connectivity index (χ3n) is 3.79. The van der Waals surface area contributed by atoms with Crippen LogP contribution in [0.4, 0.5) is 11.4 Å². The van der Waals surface area contributed by atoms with Crippen molar-refractivity contribution < 1.29 is 14.3 Å². The fraction of sp³-hybridized carbons (Fsp3) is 0.143. The minimum absolute atomic E-state index is 0.240. The highest BCUT2D eigenvalue weighted by Gasteiger charge is 2.07. The predicted molar refractivity (Wildman–Crippen MR) is 106 cm³/mol. The monoisotopic (exact) mass is 363 g/mol. The van der Waals surface area contributed by atoms with Crippen molar-refractivity contribution in [1.82, 2.24) is 4.98 Å². The molecule has 0 spiro atoms. The van der Waals surface area contributed by atoms with E-state index in [1.807, 2.05) is 60.7 Å². The summed E-state index contributed by atoms with van der Waals surface area (Å²) in [5.74, 6) is 1.34. The molecule has 6 heteroatoms. The van der Waals surface area contributed by atoms with Gasteiger partial charge in [-0.05, 0) is 48.5 Å². The Morgan fingerprint density at radius 1 is 0.926 bits per heavy atom. The molecule has 1 aromatic heterocycles. The van der Waals surface area contributed by atoms with E-state index in [1.165, 1.54) is 0 Å². The topological polar surface area (TPSA) is 72.5 Å². The average Bonchev–Trinajstić information content (AvgIpc) is 2.73. The number of aromatic nitrogens is 1. The first kappa shape index (κ1) is 18.3. The Hall–Kier alpha value is -3.54. The van der Waals surface area contributed by atoms with Crippen molar-refractivity contribution in [3.05, 3.63) is 78.6 Å². The Morgan fingerprint density at radius 2 is 1.67 bits per heavy atom. The van der Waals surface area contributed by atoms with Crippen LogP contribution in [0.5, 0.6) is 11.5 Å². The quantitative estimate of drug-likeness (QED) is 0.595. The lowest BCUT2D eigenvalue weighted by molar-refractivity contribution is 0.102. The molecule has 1 amide bonds. The summed E-state index contributed by atoms with van der Waals surface area (Å²) in [6, 6.07) is 20.2. The molecule has 2 aromatic carbocycles. The van der Waals surface area contributed by atoms with Crippen LogP contribution in [-0.4, -0.2) is 31.2 Å². The van der Waals surface area contributed by atoms with Crippen LogP contribution in [-0.2, 0) is 0 Å². The van der Waals surface area contributed by atoms with Crippen LogP contribution in [0.1, 0.15) is 10.5 Å². The van der Waals surface area contributed by atoms with E-state index in [2.05, 4.69) is 15.6 Å². The molecule has 0 saturated heterocycles. The van der Waals surface area contributed by atoms with E-state index in [9.17, 15) is 4.79 Å². The van der Waals surface area contributed by atoms with Gasteiger partial charge in [-0.25, -0.2) is 4.98 Å². The maximum absolute atomic E-state index is 12.2. The number of hydrogen-bond donors (Lipinski definition) is 2. The SMILES string of the molecule is COc1ccc(OCCNc2ccc(C(=O)Nc3ccccc3)nc2)cc1. The zero-order chi connectivity index (χ0) is 18.9. The molecule has 2 N–H and O–H groups in total. The highest BCUT2D eigenvalue weighted by atomic mass is 16.5. The summed E-state index contributed by atoms with van der Waals surface area (Å²) >= 11 is 0. The van der Waals surface area contributed by atoms with Crippen molar-refractivity contribution in [3.63, 3.8) is 0 Å². The molecular weight excluding hydrogens is 342 g/mol. The van der Waals surface area contributed by atoms with Crippen LogP contribution >= 0.6 is 0 Å². The minimum Gasteiger partial charge on any atom is -0.497 e. The lowest BCUT2D eigenvalue weighted by Gasteiger charge is -2.09. The Morgan fingerprint density at radius 3 is 2.33 bits per heavy atom. The number of carbonyl (C=O) groups is 1. The molecule has 0 aliphatic heterocycles. The third kappa shape index (κ3) is 5.47. The van der Waals surface area contributed by atoms with Gasteiger partial charge in [0.25, 0.3) is 5.91 Å². The van der Waals surface area contributed by atoms with Crippen LogP contribution in [0, 0.1) is 0 Å². The van der Waals surface area contributed by atoms with E-state index in [0.717, 1.165) is 22.9 Å². The molecule has 0 unspecified atom stereocenters. The van der Waals surface area contributed by atoms with Crippen LogP contribution in [0.2, 0.25) is 0 Å². The van der Waals surface area contributed by atoms with Crippen molar-refractivity contribution >= 4 is 17.3 Å². The molecule has 0 atom stereocenters. The van der Waals surface area contributed by atoms with E-state index in [1.54, 1.807) is 19.4 Å². The number of hydrogen-bond acceptors (Lipinski definition) is 5. The molecule has 0 radical (unpaired) electrons. The molecule has 0 aliphatic carbocycles. The summed E-state index contributed by atoms with van der Waals surface area (Å²) in [6.45, 7) is 1.12. The van der Waals surface area contributed by atoms with Crippen molar-refractivity contribution in [3.8, 4) is 11.5 Å². The molecular formula is C21H21N3O3. The number of rotatable bonds is 8. The van der Waals surface area contributed by atoms with Gasteiger partial charge in [-0.2, -0.15) is 0 Å². The van der Waals surface area contributed by atoms with Crippen molar-refractivity contribution in [1.29, 1.82) is 0 Å². The molecule has 0 saturated carbocycles. The van der Waals surface area contributed by atoms with Crippen molar-refractivity contribution in [2.75, 3.05) is 30.9 Å². The van der Waals surface area contributed by atoms with Crippen LogP contribution in [0.15, 0.2) is 72.9 Å². The maximum atomic E-state index is 12.2. The zero-order valence-electron chi connectivity index (χ0n) is 15.0. The second-order valence-electron chi connectivity index (χ2n) is 5.70. The fourth-order valence-electron chi connectivity index (χ4n) is 2.39. The summed E-state index contributed by atoms with van der Waals surface area (Å²) in [4.78, 5) is 16.4. The third-order valence-corrected chi connectivity index (χ3v) is 3.79. The number of methoxy groups -OCH3 is 1. The summed E-state index contributed by atoms with van der Waals surface area (Å²) in [6.07, 6.45) is 1.63. The summed E-state index contributed by atoms with van der Waals surface area (Å²) in [5, 5.41) is 6.01. The van der Waals surface area contributed by atoms with Gasteiger partial charge in [0.15, 0.2) is 0 Å². The molecule has 6 nitrogen and oxygen atoms in total. The van der Waals surface area contributed by atoms with Gasteiger partial charge in [-0.1, -0.05) is 18.2 Å². The number of ether oxygens (including phenoxy) is 2. The lowest BCUT2D eigenvalue weighted by atomic mass is 10.3. The van der Waals surface area contributed by atoms with Crippen molar-refractivity contribution in [2.45, 2.75) is 0 Å². The summed E-state index contributed by atoms with van der Waals surface area (Å²) in [5.41, 5.74) is 1.92. The van der Waals surface area contributed by atoms with Crippen LogP contribution < -0.4 is 20.1 Å². The normalized spacial score (nSPS) is 10.1. The van der Waals surface area contributed by atoms with Gasteiger partial charge in [0.1, 0.15) is 23.8 Å². The van der Waals surface area contributed by atoms with E-state index < -0.39 is 0 Å². The Balaban J connectivity index is 1.44. The first-order valence-electron chi connectivity index (χ1n) is 8.58. The van der Waals surface area contributed by atoms with Crippen LogP contribution in [0.25, 0.3) is 0 Å². The molecule has 0 fully saturated rings. The molecule has 27 heavy (non-hydrogen) atoms. The van der Waals surface area contributed by atoms with Gasteiger partial charge < -0.3 is 20.1 Å². The van der Waals surface area contributed by atoms with Gasteiger partial charge in [0.2, 0.25) is 0 Å². The standard InChI is InChI=1S/C21H21N3O3/c1-26-18-8-10-19(11-9-18)27-14-13-22-17-7-12-20(23-15-17)21(25)24-16-5-3-2-4-6-16/h2-12,15,22H,13-14H2,1H3,(H,24,25). The number of nitrogens with zero attached hydrogens (tertiary/aromatic N) is 1. The average molecular weight is 363 g/mol. The smallest absolute Gasteiger partial charge is 0.274 e. The number of anilines is 2. The van der Waals surface area contributed by atoms with Gasteiger partial charge in [0.05, 0.1) is 19.0 Å². The highest BCUT2D eigenvalue weighted by Crippen LogP contribution is 2.17. The van der Waals surface area contributed by atoms with Gasteiger partial charge >= 0.3 is 0 Å². The molecule has 3 rings (SSSR count). The maximum Gasteiger partial charge on any atom is 0.274 e. The van der Waals surface area contributed by atoms with Gasteiger partial charge in [-0.15, -0.1) is 0 Å². The molecule has 0 aliphatic rings. The first-order valence-corrected chi connectivity index (χ1v) is 8.58. The number of nitrogens with one attached hydrogen (secondary N) is 2. The van der Waals surface area contributed by atoms with Crippen LogP contribution in [0.3, 0.4) is 0 Å². The highest BCUT2D eigenvalue weighted by molar-refractivity contribution is 6.02. The van der Waals surface area contributed by atoms with Gasteiger partial charge in [0, 0.05) is 12.2 Å². The number of para-hydroxylation sites is 1. The van der Waals surface area contributed by atoms with E-state index in [-0.39, 0.29) is 5.91 Å². The summed E-state index contributed by atoms with van der Waals surface area (Å²) in [7, 11) is 1.63. The second-order valence-corrected chi connectivity index (χ2v) is 5.70. The number of pyridine rings is 1. The molecule has 138 valence electrons. The van der Waals surface area contributed by atoms with Gasteiger partial charge in [-0.3, -0.25) is 4.79 Å². The first-order chi connectivity index (χ1) is 13.2. The predicted octanol–water partition coefficient (Wildman–Crippen LogP) is 3.83. The second kappa shape index (κ2) is 9.24. The fourth-order valence-corrected chi connectivity index (χ4v) is 2.39. The van der Waals surface area contributed by atoms with E-state index in [4.69, 9.17) is 9.47 Å². The number of benzene rings is 2. The Kier molecular flexibility index (Phi) is 6.25. The molecule has 1 heterocycles. The Bertz CT molecular complexity index is 850. The van der Waals surface area contributed by atoms with E-state index >= 15 is 0 Å². The molecule has 0 bridgehead atoms. The minimum atomic E-state index is -0.240. The number of amides is 1. The summed E-state index contributed by atoms with van der Waals surface area (Å²) < 4.78 is 10.8. The number of carbonyl (C=O) groups excluding carboxylic acids is 1. The van der Waals surface area contributed by atoms with Crippen molar-refractivity contribution in [2.24, 2.45) is 0 Å². The molecule has 3 aromatic rings. The lowest BCUT2D eigenvalue weighted by Crippen LogP contribution is -2.14.